The summed E-state index contributed by atoms with van der Waals surface area (Å²) in [5.41, 5.74) is 0. The summed E-state index contributed by atoms with van der Waals surface area (Å²) in [4.78, 5) is 10.0. The standard InChI is InChI=1S/C19H38N4O/c1-5-20-19(23-14-16(2)12-17(3)15-23)21-13-18-6-8-22(9-7-18)10-11-24-4/h16-18H,5-15H2,1-4H3,(H,20,21). The van der Waals surface area contributed by atoms with Gasteiger partial charge >= 0.3 is 0 Å². The van der Waals surface area contributed by atoms with Crippen molar-refractivity contribution in [2.75, 3.05) is 59.5 Å². The van der Waals surface area contributed by atoms with Crippen LogP contribution in [0.1, 0.15) is 40.0 Å². The van der Waals surface area contributed by atoms with E-state index >= 15 is 0 Å². The number of hydrogen-bond acceptors (Lipinski definition) is 3. The molecule has 2 saturated heterocycles. The van der Waals surface area contributed by atoms with Gasteiger partial charge in [0.1, 0.15) is 0 Å². The van der Waals surface area contributed by atoms with Gasteiger partial charge in [-0.05, 0) is 57.0 Å². The Kier molecular flexibility index (Phi) is 8.33. The predicted molar refractivity (Wildman–Crippen MR) is 102 cm³/mol. The lowest BCUT2D eigenvalue weighted by Gasteiger charge is -2.37. The summed E-state index contributed by atoms with van der Waals surface area (Å²) in [6.45, 7) is 15.4. The van der Waals surface area contributed by atoms with Crippen molar-refractivity contribution in [1.29, 1.82) is 0 Å². The molecule has 24 heavy (non-hydrogen) atoms. The van der Waals surface area contributed by atoms with Crippen LogP contribution in [0.15, 0.2) is 4.99 Å². The van der Waals surface area contributed by atoms with Gasteiger partial charge in [-0.2, -0.15) is 0 Å². The van der Waals surface area contributed by atoms with E-state index < -0.39 is 0 Å². The fraction of sp³-hybridized carbons (Fsp3) is 0.947. The second-order valence-electron chi connectivity index (χ2n) is 7.82. The molecular weight excluding hydrogens is 300 g/mol. The summed E-state index contributed by atoms with van der Waals surface area (Å²) >= 11 is 0. The first-order valence-electron chi connectivity index (χ1n) is 9.86. The van der Waals surface area contributed by atoms with Crippen LogP contribution < -0.4 is 5.32 Å². The Hall–Kier alpha value is -0.810. The number of hydrogen-bond donors (Lipinski definition) is 1. The van der Waals surface area contributed by atoms with Crippen molar-refractivity contribution >= 4 is 5.96 Å². The highest BCUT2D eigenvalue weighted by atomic mass is 16.5. The summed E-state index contributed by atoms with van der Waals surface area (Å²) < 4.78 is 5.18. The molecule has 5 heteroatoms. The number of aliphatic imine (C=N–C) groups is 1. The van der Waals surface area contributed by atoms with E-state index in [9.17, 15) is 0 Å². The molecule has 2 rings (SSSR count). The maximum absolute atomic E-state index is 5.18. The van der Waals surface area contributed by atoms with Crippen LogP contribution >= 0.6 is 0 Å². The Morgan fingerprint density at radius 2 is 1.83 bits per heavy atom. The smallest absolute Gasteiger partial charge is 0.193 e. The zero-order valence-electron chi connectivity index (χ0n) is 16.3. The summed E-state index contributed by atoms with van der Waals surface area (Å²) in [5.74, 6) is 3.40. The Bertz CT molecular complexity index is 370. The van der Waals surface area contributed by atoms with Crippen LogP contribution in [-0.2, 0) is 4.74 Å². The molecule has 2 fully saturated rings. The number of piperidine rings is 2. The number of nitrogens with one attached hydrogen (secondary N) is 1. The molecule has 2 atom stereocenters. The van der Waals surface area contributed by atoms with Crippen molar-refractivity contribution in [3.63, 3.8) is 0 Å². The number of likely N-dealkylation sites (tertiary alicyclic amines) is 2. The summed E-state index contributed by atoms with van der Waals surface area (Å²) in [6, 6.07) is 0. The second-order valence-corrected chi connectivity index (χ2v) is 7.82. The van der Waals surface area contributed by atoms with E-state index in [0.717, 1.165) is 63.0 Å². The van der Waals surface area contributed by atoms with Crippen LogP contribution in [-0.4, -0.2) is 75.3 Å². The molecule has 0 bridgehead atoms. The zero-order chi connectivity index (χ0) is 17.4. The Balaban J connectivity index is 1.83. The van der Waals surface area contributed by atoms with E-state index in [-0.39, 0.29) is 0 Å². The SMILES string of the molecule is CCNC(=NCC1CCN(CCOC)CC1)N1CC(C)CC(C)C1. The average molecular weight is 339 g/mol. The largest absolute Gasteiger partial charge is 0.383 e. The molecule has 0 aromatic heterocycles. The topological polar surface area (TPSA) is 40.1 Å². The lowest BCUT2D eigenvalue weighted by Crippen LogP contribution is -2.48. The highest BCUT2D eigenvalue weighted by Gasteiger charge is 2.24. The van der Waals surface area contributed by atoms with Gasteiger partial charge in [-0.1, -0.05) is 13.8 Å². The highest BCUT2D eigenvalue weighted by molar-refractivity contribution is 5.80. The van der Waals surface area contributed by atoms with Crippen LogP contribution in [0.4, 0.5) is 0 Å². The molecule has 0 saturated carbocycles. The third kappa shape index (κ3) is 6.25. The van der Waals surface area contributed by atoms with E-state index in [4.69, 9.17) is 9.73 Å². The molecule has 2 heterocycles. The highest BCUT2D eigenvalue weighted by Crippen LogP contribution is 2.22. The fourth-order valence-electron chi connectivity index (χ4n) is 4.09. The van der Waals surface area contributed by atoms with Gasteiger partial charge in [-0.3, -0.25) is 4.99 Å². The molecule has 5 nitrogen and oxygen atoms in total. The molecule has 2 aliphatic heterocycles. The minimum atomic E-state index is 0.733. The number of rotatable bonds is 6. The minimum absolute atomic E-state index is 0.733. The van der Waals surface area contributed by atoms with Crippen molar-refractivity contribution < 1.29 is 4.74 Å². The maximum Gasteiger partial charge on any atom is 0.193 e. The van der Waals surface area contributed by atoms with Gasteiger partial charge < -0.3 is 19.9 Å². The van der Waals surface area contributed by atoms with Crippen LogP contribution in [0, 0.1) is 17.8 Å². The van der Waals surface area contributed by atoms with Crippen molar-refractivity contribution in [2.45, 2.75) is 40.0 Å². The normalized spacial score (nSPS) is 27.5. The van der Waals surface area contributed by atoms with E-state index in [1.165, 1.54) is 32.4 Å². The first-order valence-corrected chi connectivity index (χ1v) is 9.86. The minimum Gasteiger partial charge on any atom is -0.383 e. The number of ether oxygens (including phenoxy) is 1. The Morgan fingerprint density at radius 1 is 1.17 bits per heavy atom. The van der Waals surface area contributed by atoms with E-state index in [2.05, 4.69) is 35.9 Å². The van der Waals surface area contributed by atoms with Crippen LogP contribution in [0.25, 0.3) is 0 Å². The molecule has 140 valence electrons. The second kappa shape index (κ2) is 10.2. The summed E-state index contributed by atoms with van der Waals surface area (Å²) in [5, 5.41) is 3.52. The third-order valence-electron chi connectivity index (χ3n) is 5.32. The lowest BCUT2D eigenvalue weighted by atomic mass is 9.92. The van der Waals surface area contributed by atoms with Crippen LogP contribution in [0.5, 0.6) is 0 Å². The molecule has 2 aliphatic rings. The predicted octanol–water partition coefficient (Wildman–Crippen LogP) is 2.29. The Labute approximate surface area is 148 Å². The van der Waals surface area contributed by atoms with E-state index in [0.29, 0.717) is 0 Å². The summed E-state index contributed by atoms with van der Waals surface area (Å²) in [7, 11) is 1.78. The molecule has 2 unspecified atom stereocenters. The molecule has 0 radical (unpaired) electrons. The molecule has 0 aliphatic carbocycles. The molecule has 1 N–H and O–H groups in total. The number of nitrogens with zero attached hydrogens (tertiary/aromatic N) is 3. The van der Waals surface area contributed by atoms with E-state index in [1.54, 1.807) is 7.11 Å². The van der Waals surface area contributed by atoms with Crippen LogP contribution in [0.2, 0.25) is 0 Å². The van der Waals surface area contributed by atoms with Crippen molar-refractivity contribution in [1.82, 2.24) is 15.1 Å². The maximum atomic E-state index is 5.18. The van der Waals surface area contributed by atoms with Gasteiger partial charge in [0.25, 0.3) is 0 Å². The van der Waals surface area contributed by atoms with Gasteiger partial charge in [0, 0.05) is 39.8 Å². The molecular formula is C19H38N4O. The quantitative estimate of drug-likeness (QED) is 0.596. The fourth-order valence-corrected chi connectivity index (χ4v) is 4.09. The first kappa shape index (κ1) is 19.5. The molecule has 0 aromatic rings. The monoisotopic (exact) mass is 338 g/mol. The van der Waals surface area contributed by atoms with Gasteiger partial charge in [0.15, 0.2) is 5.96 Å². The van der Waals surface area contributed by atoms with Gasteiger partial charge in [0.2, 0.25) is 0 Å². The Morgan fingerprint density at radius 3 is 2.42 bits per heavy atom. The summed E-state index contributed by atoms with van der Waals surface area (Å²) in [6.07, 6.45) is 3.87. The van der Waals surface area contributed by atoms with Gasteiger partial charge in [0.05, 0.1) is 6.61 Å². The molecule has 0 amide bonds. The lowest BCUT2D eigenvalue weighted by molar-refractivity contribution is 0.121. The number of methoxy groups -OCH3 is 1. The van der Waals surface area contributed by atoms with Gasteiger partial charge in [-0.25, -0.2) is 0 Å². The van der Waals surface area contributed by atoms with E-state index in [1.807, 2.05) is 0 Å². The van der Waals surface area contributed by atoms with Crippen molar-refractivity contribution in [3.8, 4) is 0 Å². The number of guanidine groups is 1. The van der Waals surface area contributed by atoms with Crippen molar-refractivity contribution in [3.05, 3.63) is 0 Å². The average Bonchev–Trinajstić information content (AvgIpc) is 2.57. The third-order valence-corrected chi connectivity index (χ3v) is 5.32. The van der Waals surface area contributed by atoms with Gasteiger partial charge in [-0.15, -0.1) is 0 Å². The molecule has 0 aromatic carbocycles. The zero-order valence-corrected chi connectivity index (χ0v) is 16.3. The molecule has 0 spiro atoms. The first-order chi connectivity index (χ1) is 11.6. The van der Waals surface area contributed by atoms with Crippen molar-refractivity contribution in [2.24, 2.45) is 22.7 Å². The van der Waals surface area contributed by atoms with Crippen LogP contribution in [0.3, 0.4) is 0 Å².